The van der Waals surface area contributed by atoms with Gasteiger partial charge in [-0.1, -0.05) is 17.7 Å². The fourth-order valence-electron chi connectivity index (χ4n) is 3.80. The molecule has 2 saturated heterocycles. The topological polar surface area (TPSA) is 65.1 Å². The molecule has 0 bridgehead atoms. The first-order valence-corrected chi connectivity index (χ1v) is 8.80. The van der Waals surface area contributed by atoms with Crippen LogP contribution in [0.15, 0.2) is 35.5 Å². The number of allylic oxidation sites excluding steroid dienone is 2. The Kier molecular flexibility index (Phi) is 4.62. The van der Waals surface area contributed by atoms with Gasteiger partial charge in [0, 0.05) is 18.1 Å². The van der Waals surface area contributed by atoms with Gasteiger partial charge in [-0.3, -0.25) is 0 Å². The highest BCUT2D eigenvalue weighted by Crippen LogP contribution is 2.48. The Bertz CT molecular complexity index is 670. The minimum Gasteiger partial charge on any atom is -0.458 e. The zero-order valence-corrected chi connectivity index (χ0v) is 15.3. The molecule has 1 aliphatic carbocycles. The highest BCUT2D eigenvalue weighted by Gasteiger charge is 2.57. The molecular formula is C20H26O5. The molecule has 0 aromatic rings. The van der Waals surface area contributed by atoms with E-state index in [0.717, 1.165) is 24.0 Å². The molecule has 0 amide bonds. The Morgan fingerprint density at radius 3 is 2.84 bits per heavy atom. The Hall–Kier alpha value is -1.88. The Morgan fingerprint density at radius 1 is 1.44 bits per heavy atom. The molecule has 0 N–H and O–H groups in total. The van der Waals surface area contributed by atoms with Crippen LogP contribution >= 0.6 is 0 Å². The summed E-state index contributed by atoms with van der Waals surface area (Å²) in [6.45, 7) is 11.6. The maximum atomic E-state index is 12.2. The van der Waals surface area contributed by atoms with E-state index in [1.165, 1.54) is 6.08 Å². The standard InChI is InChI=1S/C20H26O5/c1-11(2)8-17(21)23-14-9-12(3)6-7-16-20(5,25-16)10-15-18(14)13(4)19(22)24-15/h8-9,14-16,18H,4,6-7,10H2,1-3,5H3. The first kappa shape index (κ1) is 17.9. The van der Waals surface area contributed by atoms with Crippen molar-refractivity contribution in [1.82, 2.24) is 0 Å². The number of carbonyl (C=O) groups is 2. The number of ether oxygens (including phenoxy) is 3. The van der Waals surface area contributed by atoms with E-state index in [-0.39, 0.29) is 23.7 Å². The molecule has 2 heterocycles. The average Bonchev–Trinajstić information content (AvgIpc) is 3.04. The van der Waals surface area contributed by atoms with Gasteiger partial charge in [0.05, 0.1) is 17.6 Å². The lowest BCUT2D eigenvalue weighted by Crippen LogP contribution is -2.35. The summed E-state index contributed by atoms with van der Waals surface area (Å²) in [7, 11) is 0. The molecule has 0 radical (unpaired) electrons. The Labute approximate surface area is 148 Å². The molecule has 0 spiro atoms. The lowest BCUT2D eigenvalue weighted by Gasteiger charge is -2.27. The second kappa shape index (κ2) is 6.45. The van der Waals surface area contributed by atoms with Crippen LogP contribution in [0.1, 0.15) is 47.0 Å². The molecule has 2 fully saturated rings. The SMILES string of the molecule is C=C1C(=O)OC2CC3(C)OC3CCC(C)=CC(OC(=O)C=C(C)C)C12. The highest BCUT2D eigenvalue weighted by molar-refractivity contribution is 5.91. The summed E-state index contributed by atoms with van der Waals surface area (Å²) in [6.07, 6.45) is 5.01. The van der Waals surface area contributed by atoms with Crippen LogP contribution in [-0.2, 0) is 23.8 Å². The number of carbonyl (C=O) groups excluding carboxylic acids is 2. The van der Waals surface area contributed by atoms with Gasteiger partial charge in [-0.15, -0.1) is 0 Å². The van der Waals surface area contributed by atoms with Crippen LogP contribution in [0, 0.1) is 5.92 Å². The quantitative estimate of drug-likeness (QED) is 0.332. The first-order valence-electron chi connectivity index (χ1n) is 8.80. The number of epoxide rings is 1. The van der Waals surface area contributed by atoms with Gasteiger partial charge >= 0.3 is 11.9 Å². The number of rotatable bonds is 2. The van der Waals surface area contributed by atoms with Crippen molar-refractivity contribution in [3.8, 4) is 0 Å². The Balaban J connectivity index is 1.92. The number of hydrogen-bond acceptors (Lipinski definition) is 5. The molecule has 25 heavy (non-hydrogen) atoms. The number of fused-ring (bicyclic) bond motifs is 2. The van der Waals surface area contributed by atoms with E-state index in [1.807, 2.05) is 26.8 Å². The van der Waals surface area contributed by atoms with E-state index in [9.17, 15) is 9.59 Å². The van der Waals surface area contributed by atoms with E-state index < -0.39 is 18.0 Å². The van der Waals surface area contributed by atoms with E-state index in [1.54, 1.807) is 0 Å². The fraction of sp³-hybridized carbons (Fsp3) is 0.600. The normalized spacial score (nSPS) is 37.2. The molecule has 2 aliphatic heterocycles. The Morgan fingerprint density at radius 2 is 2.16 bits per heavy atom. The molecule has 5 unspecified atom stereocenters. The van der Waals surface area contributed by atoms with Crippen LogP contribution in [0.5, 0.6) is 0 Å². The third-order valence-corrected chi connectivity index (χ3v) is 5.23. The van der Waals surface area contributed by atoms with Crippen LogP contribution in [0.4, 0.5) is 0 Å². The molecule has 136 valence electrons. The van der Waals surface area contributed by atoms with Crippen molar-refractivity contribution in [2.75, 3.05) is 0 Å². The van der Waals surface area contributed by atoms with Gasteiger partial charge in [0.25, 0.3) is 0 Å². The van der Waals surface area contributed by atoms with Crippen molar-refractivity contribution in [2.45, 2.75) is 70.9 Å². The van der Waals surface area contributed by atoms with Gasteiger partial charge in [0.15, 0.2) is 0 Å². The van der Waals surface area contributed by atoms with Gasteiger partial charge in [0.1, 0.15) is 12.2 Å². The maximum Gasteiger partial charge on any atom is 0.334 e. The average molecular weight is 346 g/mol. The lowest BCUT2D eigenvalue weighted by atomic mass is 9.83. The monoisotopic (exact) mass is 346 g/mol. The zero-order chi connectivity index (χ0) is 18.4. The molecule has 0 aromatic carbocycles. The smallest absolute Gasteiger partial charge is 0.334 e. The summed E-state index contributed by atoms with van der Waals surface area (Å²) < 4.78 is 17.1. The summed E-state index contributed by atoms with van der Waals surface area (Å²) in [5.74, 6) is -1.20. The van der Waals surface area contributed by atoms with Gasteiger partial charge in [-0.25, -0.2) is 9.59 Å². The summed E-state index contributed by atoms with van der Waals surface area (Å²) in [4.78, 5) is 24.3. The molecule has 0 aromatic heterocycles. The maximum absolute atomic E-state index is 12.2. The van der Waals surface area contributed by atoms with E-state index in [4.69, 9.17) is 14.2 Å². The van der Waals surface area contributed by atoms with Gasteiger partial charge in [-0.05, 0) is 46.6 Å². The molecule has 0 saturated carbocycles. The lowest BCUT2D eigenvalue weighted by molar-refractivity contribution is -0.144. The predicted molar refractivity (Wildman–Crippen MR) is 92.7 cm³/mol. The van der Waals surface area contributed by atoms with Crippen molar-refractivity contribution in [3.05, 3.63) is 35.5 Å². The largest absolute Gasteiger partial charge is 0.458 e. The molecular weight excluding hydrogens is 320 g/mol. The summed E-state index contributed by atoms with van der Waals surface area (Å²) in [5, 5.41) is 0. The van der Waals surface area contributed by atoms with Crippen LogP contribution in [0.3, 0.4) is 0 Å². The molecule has 5 heteroatoms. The van der Waals surface area contributed by atoms with Crippen LogP contribution in [-0.4, -0.2) is 35.9 Å². The fourth-order valence-corrected chi connectivity index (χ4v) is 3.80. The predicted octanol–water partition coefficient (Wildman–Crippen LogP) is 3.25. The van der Waals surface area contributed by atoms with E-state index in [0.29, 0.717) is 12.0 Å². The van der Waals surface area contributed by atoms with Crippen LogP contribution in [0.25, 0.3) is 0 Å². The van der Waals surface area contributed by atoms with Crippen molar-refractivity contribution in [1.29, 1.82) is 0 Å². The van der Waals surface area contributed by atoms with Gasteiger partial charge in [-0.2, -0.15) is 0 Å². The van der Waals surface area contributed by atoms with Crippen LogP contribution in [0.2, 0.25) is 0 Å². The summed E-state index contributed by atoms with van der Waals surface area (Å²) in [5.41, 5.74) is 2.06. The third kappa shape index (κ3) is 3.71. The minimum atomic E-state index is -0.564. The zero-order valence-electron chi connectivity index (χ0n) is 15.3. The van der Waals surface area contributed by atoms with E-state index in [2.05, 4.69) is 13.5 Å². The van der Waals surface area contributed by atoms with Crippen LogP contribution < -0.4 is 0 Å². The molecule has 5 atom stereocenters. The highest BCUT2D eigenvalue weighted by atomic mass is 16.6. The second-order valence-corrected chi connectivity index (χ2v) is 7.79. The van der Waals surface area contributed by atoms with Crippen molar-refractivity contribution in [2.24, 2.45) is 5.92 Å². The second-order valence-electron chi connectivity index (χ2n) is 7.79. The third-order valence-electron chi connectivity index (χ3n) is 5.23. The minimum absolute atomic E-state index is 0.189. The van der Waals surface area contributed by atoms with Crippen molar-refractivity contribution >= 4 is 11.9 Å². The molecule has 5 nitrogen and oxygen atoms in total. The van der Waals surface area contributed by atoms with Gasteiger partial charge < -0.3 is 14.2 Å². The van der Waals surface area contributed by atoms with Gasteiger partial charge in [0.2, 0.25) is 0 Å². The van der Waals surface area contributed by atoms with E-state index >= 15 is 0 Å². The first-order chi connectivity index (χ1) is 11.7. The number of hydrogen-bond donors (Lipinski definition) is 0. The summed E-state index contributed by atoms with van der Waals surface area (Å²) >= 11 is 0. The van der Waals surface area contributed by atoms with Crippen molar-refractivity contribution < 1.29 is 23.8 Å². The summed E-state index contributed by atoms with van der Waals surface area (Å²) in [6, 6.07) is 0. The van der Waals surface area contributed by atoms with Crippen molar-refractivity contribution in [3.63, 3.8) is 0 Å². The number of esters is 2. The molecule has 3 rings (SSSR count). The molecule has 3 aliphatic rings.